The highest BCUT2D eigenvalue weighted by atomic mass is 19.4. The van der Waals surface area contributed by atoms with E-state index >= 15 is 0 Å². The van der Waals surface area contributed by atoms with Crippen LogP contribution >= 0.6 is 0 Å². The average molecular weight is 515 g/mol. The van der Waals surface area contributed by atoms with Gasteiger partial charge in [0.25, 0.3) is 0 Å². The lowest BCUT2D eigenvalue weighted by molar-refractivity contribution is -0.148. The first-order valence-corrected chi connectivity index (χ1v) is 12.8. The minimum atomic E-state index is -4.55. The van der Waals surface area contributed by atoms with Crippen LogP contribution in [0.2, 0.25) is 0 Å². The molecule has 4 heterocycles. The van der Waals surface area contributed by atoms with Crippen molar-refractivity contribution >= 4 is 22.5 Å². The van der Waals surface area contributed by atoms with E-state index < -0.39 is 12.0 Å². The monoisotopic (exact) mass is 514 g/mol. The van der Waals surface area contributed by atoms with Gasteiger partial charge in [-0.25, -0.2) is 0 Å². The molecule has 2 fully saturated rings. The van der Waals surface area contributed by atoms with Gasteiger partial charge in [-0.1, -0.05) is 6.92 Å². The van der Waals surface area contributed by atoms with Crippen molar-refractivity contribution in [3.05, 3.63) is 42.1 Å². The largest absolute Gasteiger partial charge is 0.493 e. The van der Waals surface area contributed by atoms with Crippen molar-refractivity contribution in [2.24, 2.45) is 17.8 Å². The Morgan fingerprint density at radius 3 is 2.70 bits per heavy atom. The second-order valence-electron chi connectivity index (χ2n) is 10.4. The number of rotatable bonds is 5. The van der Waals surface area contributed by atoms with Crippen LogP contribution in [0.3, 0.4) is 0 Å². The zero-order chi connectivity index (χ0) is 25.7. The third-order valence-electron chi connectivity index (χ3n) is 7.76. The number of fused-ring (bicyclic) bond motifs is 2. The number of carbonyl (C=O) groups excluding carboxylic acids is 1. The van der Waals surface area contributed by atoms with Crippen molar-refractivity contribution in [3.63, 3.8) is 0 Å². The summed E-state index contributed by atoms with van der Waals surface area (Å²) >= 11 is 0. The number of halogens is 3. The van der Waals surface area contributed by atoms with Crippen LogP contribution in [0.1, 0.15) is 37.8 Å². The fourth-order valence-corrected chi connectivity index (χ4v) is 5.50. The molecule has 1 saturated heterocycles. The van der Waals surface area contributed by atoms with Gasteiger partial charge in [-0.15, -0.1) is 10.2 Å². The van der Waals surface area contributed by atoms with Crippen LogP contribution in [-0.4, -0.2) is 56.8 Å². The molecule has 37 heavy (non-hydrogen) atoms. The number of ether oxygens (including phenoxy) is 1. The molecule has 1 amide bonds. The number of piperidine rings is 1. The van der Waals surface area contributed by atoms with Gasteiger partial charge in [-0.2, -0.15) is 13.2 Å². The van der Waals surface area contributed by atoms with Gasteiger partial charge in [0.2, 0.25) is 11.7 Å². The standard InChI is InChI=1S/C26H29F3N6O2/c1-16-13-33(22-6-8-30-21-12-18(4-5-20(21)22)37-15-17-2-3-17)9-7-19(16)24(36)34-10-11-35-23(14-34)31-32-25(35)26(27,28)29/h4-6,8,12,16-17,19H,2-3,7,9-11,13-15H2,1H3/t16?,19-/m0/s1. The van der Waals surface area contributed by atoms with Crippen molar-refractivity contribution in [2.45, 2.75) is 45.5 Å². The number of alkyl halides is 3. The summed E-state index contributed by atoms with van der Waals surface area (Å²) in [5.74, 6) is 0.567. The van der Waals surface area contributed by atoms with Crippen LogP contribution in [0, 0.1) is 17.8 Å². The molecule has 1 aliphatic carbocycles. The van der Waals surface area contributed by atoms with Gasteiger partial charge in [0.05, 0.1) is 18.7 Å². The summed E-state index contributed by atoms with van der Waals surface area (Å²) in [5, 5.41) is 8.07. The van der Waals surface area contributed by atoms with Gasteiger partial charge in [-0.3, -0.25) is 9.78 Å². The van der Waals surface area contributed by atoms with Crippen LogP contribution < -0.4 is 9.64 Å². The van der Waals surface area contributed by atoms with E-state index in [0.717, 1.165) is 33.5 Å². The molecule has 3 aromatic rings. The highest BCUT2D eigenvalue weighted by Gasteiger charge is 2.41. The smallest absolute Gasteiger partial charge is 0.451 e. The molecule has 1 saturated carbocycles. The van der Waals surface area contributed by atoms with Crippen molar-refractivity contribution in [1.82, 2.24) is 24.6 Å². The number of amides is 1. The maximum absolute atomic E-state index is 13.4. The molecule has 1 unspecified atom stereocenters. The molecule has 3 aliphatic rings. The Hall–Kier alpha value is -3.37. The van der Waals surface area contributed by atoms with Crippen molar-refractivity contribution in [3.8, 4) is 5.75 Å². The third kappa shape index (κ3) is 4.71. The second kappa shape index (κ2) is 9.18. The lowest BCUT2D eigenvalue weighted by Crippen LogP contribution is -2.49. The zero-order valence-electron chi connectivity index (χ0n) is 20.6. The number of benzene rings is 1. The highest BCUT2D eigenvalue weighted by Crippen LogP contribution is 2.35. The Kier molecular flexibility index (Phi) is 5.95. The predicted molar refractivity (Wildman–Crippen MR) is 130 cm³/mol. The first kappa shape index (κ1) is 24.0. The molecule has 0 radical (unpaired) electrons. The number of nitrogens with zero attached hydrogens (tertiary/aromatic N) is 6. The predicted octanol–water partition coefficient (Wildman–Crippen LogP) is 4.14. The van der Waals surface area contributed by atoms with Gasteiger partial charge < -0.3 is 19.1 Å². The molecule has 0 N–H and O–H groups in total. The van der Waals surface area contributed by atoms with Crippen molar-refractivity contribution < 1.29 is 22.7 Å². The molecule has 11 heteroatoms. The molecule has 0 bridgehead atoms. The SMILES string of the molecule is CC1CN(c2ccnc3cc(OCC4CC4)ccc23)CC[C@@H]1C(=O)N1CCn2c(nnc2C(F)(F)F)C1. The molecule has 6 rings (SSSR count). The van der Waals surface area contributed by atoms with Gasteiger partial charge in [0, 0.05) is 55.4 Å². The number of hydrogen-bond donors (Lipinski definition) is 0. The molecule has 1 aromatic carbocycles. The number of anilines is 1. The van der Waals surface area contributed by atoms with Crippen LogP contribution in [-0.2, 0) is 24.1 Å². The summed E-state index contributed by atoms with van der Waals surface area (Å²) in [6, 6.07) is 8.05. The van der Waals surface area contributed by atoms with E-state index in [4.69, 9.17) is 4.74 Å². The Morgan fingerprint density at radius 1 is 1.11 bits per heavy atom. The minimum Gasteiger partial charge on any atom is -0.493 e. The molecule has 2 atom stereocenters. The van der Waals surface area contributed by atoms with Crippen LogP contribution in [0.4, 0.5) is 18.9 Å². The van der Waals surface area contributed by atoms with E-state index in [1.807, 2.05) is 24.4 Å². The summed E-state index contributed by atoms with van der Waals surface area (Å²) in [5.41, 5.74) is 1.97. The number of aromatic nitrogens is 4. The number of hydrogen-bond acceptors (Lipinski definition) is 6. The fourth-order valence-electron chi connectivity index (χ4n) is 5.50. The van der Waals surface area contributed by atoms with E-state index in [0.29, 0.717) is 25.4 Å². The van der Waals surface area contributed by atoms with E-state index in [-0.39, 0.29) is 43.2 Å². The summed E-state index contributed by atoms with van der Waals surface area (Å²) in [6.45, 7) is 4.56. The van der Waals surface area contributed by atoms with Crippen LogP contribution in [0.15, 0.2) is 30.5 Å². The molecule has 2 aromatic heterocycles. The first-order chi connectivity index (χ1) is 17.8. The van der Waals surface area contributed by atoms with Crippen molar-refractivity contribution in [1.29, 1.82) is 0 Å². The first-order valence-electron chi connectivity index (χ1n) is 12.8. The molecular formula is C26H29F3N6O2. The van der Waals surface area contributed by atoms with E-state index in [2.05, 4.69) is 33.1 Å². The van der Waals surface area contributed by atoms with Crippen molar-refractivity contribution in [2.75, 3.05) is 31.1 Å². The van der Waals surface area contributed by atoms with E-state index in [9.17, 15) is 18.0 Å². The third-order valence-corrected chi connectivity index (χ3v) is 7.76. The molecule has 196 valence electrons. The highest BCUT2D eigenvalue weighted by molar-refractivity contribution is 5.92. The number of pyridine rings is 1. The average Bonchev–Trinajstić information content (AvgIpc) is 3.61. The molecule has 0 spiro atoms. The van der Waals surface area contributed by atoms with Gasteiger partial charge in [0.15, 0.2) is 5.82 Å². The Labute approximate surface area is 212 Å². The van der Waals surface area contributed by atoms with Gasteiger partial charge >= 0.3 is 6.18 Å². The van der Waals surface area contributed by atoms with Crippen LogP contribution in [0.5, 0.6) is 5.75 Å². The summed E-state index contributed by atoms with van der Waals surface area (Å²) < 4.78 is 46.4. The summed E-state index contributed by atoms with van der Waals surface area (Å²) in [7, 11) is 0. The molecule has 2 aliphatic heterocycles. The summed E-state index contributed by atoms with van der Waals surface area (Å²) in [4.78, 5) is 21.9. The Balaban J connectivity index is 1.13. The number of carbonyl (C=O) groups is 1. The second-order valence-corrected chi connectivity index (χ2v) is 10.4. The minimum absolute atomic E-state index is 0.0213. The quantitative estimate of drug-likeness (QED) is 0.510. The molecule has 8 nitrogen and oxygen atoms in total. The maximum Gasteiger partial charge on any atom is 0.451 e. The fraction of sp³-hybridized carbons (Fsp3) is 0.538. The summed E-state index contributed by atoms with van der Waals surface area (Å²) in [6.07, 6.45) is 0.407. The topological polar surface area (TPSA) is 76.4 Å². The lowest BCUT2D eigenvalue weighted by atomic mass is 9.85. The van der Waals surface area contributed by atoms with E-state index in [1.54, 1.807) is 4.90 Å². The molecular weight excluding hydrogens is 485 g/mol. The zero-order valence-corrected chi connectivity index (χ0v) is 20.6. The van der Waals surface area contributed by atoms with Gasteiger partial charge in [-0.05, 0) is 49.3 Å². The normalized spacial score (nSPS) is 22.3. The van der Waals surface area contributed by atoms with Crippen LogP contribution in [0.25, 0.3) is 10.9 Å². The lowest BCUT2D eigenvalue weighted by Gasteiger charge is -2.40. The Bertz CT molecular complexity index is 1320. The maximum atomic E-state index is 13.4. The Morgan fingerprint density at radius 2 is 1.95 bits per heavy atom. The van der Waals surface area contributed by atoms with Gasteiger partial charge in [0.1, 0.15) is 5.75 Å². The van der Waals surface area contributed by atoms with E-state index in [1.165, 1.54) is 12.8 Å².